The molecule has 0 unspecified atom stereocenters. The fourth-order valence-electron chi connectivity index (χ4n) is 2.53. The van der Waals surface area contributed by atoms with Gasteiger partial charge in [0.05, 0.1) is 11.8 Å². The van der Waals surface area contributed by atoms with Crippen molar-refractivity contribution in [1.29, 1.82) is 0 Å². The van der Waals surface area contributed by atoms with Crippen LogP contribution in [-0.4, -0.2) is 47.8 Å². The highest BCUT2D eigenvalue weighted by Crippen LogP contribution is 2.16. The summed E-state index contributed by atoms with van der Waals surface area (Å²) in [5, 5.41) is 0. The van der Waals surface area contributed by atoms with E-state index in [0.717, 1.165) is 0 Å². The van der Waals surface area contributed by atoms with Crippen LogP contribution in [0.3, 0.4) is 0 Å². The molecule has 1 aliphatic heterocycles. The predicted molar refractivity (Wildman–Crippen MR) is 81.4 cm³/mol. The van der Waals surface area contributed by atoms with Crippen LogP contribution in [0, 0.1) is 0 Å². The van der Waals surface area contributed by atoms with Gasteiger partial charge in [0, 0.05) is 31.9 Å². The summed E-state index contributed by atoms with van der Waals surface area (Å²) in [6.45, 7) is 1.94. The number of hydrogen-bond acceptors (Lipinski definition) is 4. The number of benzene rings is 1. The largest absolute Gasteiger partial charge is 0.459 e. The summed E-state index contributed by atoms with van der Waals surface area (Å²) >= 11 is 0. The molecule has 22 heavy (non-hydrogen) atoms. The van der Waals surface area contributed by atoms with Crippen LogP contribution >= 0.6 is 0 Å². The molecular formula is C16H17N3O3. The number of furan rings is 1. The molecule has 0 saturated carbocycles. The molecule has 0 radical (unpaired) electrons. The van der Waals surface area contributed by atoms with Crippen LogP contribution in [0.15, 0.2) is 47.1 Å². The molecule has 1 aliphatic rings. The van der Waals surface area contributed by atoms with Crippen LogP contribution in [0.4, 0.5) is 5.69 Å². The highest BCUT2D eigenvalue weighted by molar-refractivity contribution is 5.99. The highest BCUT2D eigenvalue weighted by atomic mass is 16.3. The number of hydrogen-bond donors (Lipinski definition) is 1. The van der Waals surface area contributed by atoms with Gasteiger partial charge in [-0.3, -0.25) is 9.59 Å². The molecule has 1 aromatic carbocycles. The molecule has 1 fully saturated rings. The number of piperazine rings is 1. The zero-order valence-electron chi connectivity index (χ0n) is 12.1. The lowest BCUT2D eigenvalue weighted by atomic mass is 10.1. The van der Waals surface area contributed by atoms with Gasteiger partial charge in [0.2, 0.25) is 0 Å². The van der Waals surface area contributed by atoms with E-state index in [1.54, 1.807) is 46.2 Å². The van der Waals surface area contributed by atoms with Crippen molar-refractivity contribution in [2.45, 2.75) is 0 Å². The second kappa shape index (κ2) is 5.93. The zero-order valence-corrected chi connectivity index (χ0v) is 12.1. The number of nitrogen functional groups attached to an aromatic ring is 1. The molecule has 0 bridgehead atoms. The van der Waals surface area contributed by atoms with Crippen LogP contribution in [-0.2, 0) is 0 Å². The maximum atomic E-state index is 12.4. The van der Waals surface area contributed by atoms with Gasteiger partial charge in [-0.1, -0.05) is 12.1 Å². The summed E-state index contributed by atoms with van der Waals surface area (Å²) in [6.07, 6.45) is 1.48. The monoisotopic (exact) mass is 299 g/mol. The third-order valence-corrected chi connectivity index (χ3v) is 3.78. The molecule has 0 spiro atoms. The molecule has 0 atom stereocenters. The maximum Gasteiger partial charge on any atom is 0.289 e. The average molecular weight is 299 g/mol. The lowest BCUT2D eigenvalue weighted by Gasteiger charge is -2.34. The van der Waals surface area contributed by atoms with Gasteiger partial charge in [0.15, 0.2) is 5.76 Å². The van der Waals surface area contributed by atoms with Crippen molar-refractivity contribution in [3.63, 3.8) is 0 Å². The molecule has 2 aromatic rings. The van der Waals surface area contributed by atoms with E-state index in [0.29, 0.717) is 43.2 Å². The van der Waals surface area contributed by atoms with Gasteiger partial charge in [-0.05, 0) is 24.3 Å². The molecule has 0 aliphatic carbocycles. The fourth-order valence-corrected chi connectivity index (χ4v) is 2.53. The molecule has 114 valence electrons. The van der Waals surface area contributed by atoms with Crippen molar-refractivity contribution in [2.24, 2.45) is 0 Å². The number of nitrogens with two attached hydrogens (primary N) is 1. The molecule has 6 heteroatoms. The van der Waals surface area contributed by atoms with Gasteiger partial charge in [0.1, 0.15) is 0 Å². The van der Waals surface area contributed by atoms with E-state index >= 15 is 0 Å². The summed E-state index contributed by atoms with van der Waals surface area (Å²) in [7, 11) is 0. The third-order valence-electron chi connectivity index (χ3n) is 3.78. The topological polar surface area (TPSA) is 79.8 Å². The first kappa shape index (κ1) is 14.2. The summed E-state index contributed by atoms with van der Waals surface area (Å²) in [4.78, 5) is 28.0. The highest BCUT2D eigenvalue weighted by Gasteiger charge is 2.27. The minimum atomic E-state index is -0.142. The Bertz CT molecular complexity index is 674. The number of carbonyl (C=O) groups is 2. The predicted octanol–water partition coefficient (Wildman–Crippen LogP) is 1.46. The van der Waals surface area contributed by atoms with Crippen LogP contribution in [0.5, 0.6) is 0 Å². The van der Waals surface area contributed by atoms with Crippen LogP contribution in [0.2, 0.25) is 0 Å². The van der Waals surface area contributed by atoms with Crippen molar-refractivity contribution in [2.75, 3.05) is 31.9 Å². The Morgan fingerprint density at radius 1 is 0.909 bits per heavy atom. The van der Waals surface area contributed by atoms with Gasteiger partial charge in [0.25, 0.3) is 11.8 Å². The molecular weight excluding hydrogens is 282 g/mol. The fraction of sp³-hybridized carbons (Fsp3) is 0.250. The maximum absolute atomic E-state index is 12.4. The van der Waals surface area contributed by atoms with E-state index < -0.39 is 0 Å². The van der Waals surface area contributed by atoms with Gasteiger partial charge < -0.3 is 20.0 Å². The SMILES string of the molecule is Nc1ccccc1C(=O)N1CCN(C(=O)c2ccco2)CC1. The summed E-state index contributed by atoms with van der Waals surface area (Å²) in [5.41, 5.74) is 6.82. The van der Waals surface area contributed by atoms with E-state index in [4.69, 9.17) is 10.2 Å². The van der Waals surface area contributed by atoms with Gasteiger partial charge in [-0.15, -0.1) is 0 Å². The number of amides is 2. The second-order valence-electron chi connectivity index (χ2n) is 5.15. The van der Waals surface area contributed by atoms with E-state index in [2.05, 4.69) is 0 Å². The first-order valence-electron chi connectivity index (χ1n) is 7.13. The Balaban J connectivity index is 1.63. The second-order valence-corrected chi connectivity index (χ2v) is 5.15. The van der Waals surface area contributed by atoms with Crippen molar-refractivity contribution in [3.05, 3.63) is 54.0 Å². The quantitative estimate of drug-likeness (QED) is 0.851. The minimum Gasteiger partial charge on any atom is -0.459 e. The van der Waals surface area contributed by atoms with Gasteiger partial charge >= 0.3 is 0 Å². The summed E-state index contributed by atoms with van der Waals surface area (Å²) < 4.78 is 5.12. The number of anilines is 1. The van der Waals surface area contributed by atoms with Crippen molar-refractivity contribution >= 4 is 17.5 Å². The summed E-state index contributed by atoms with van der Waals surface area (Å²) in [6, 6.07) is 10.4. The van der Waals surface area contributed by atoms with Crippen molar-refractivity contribution < 1.29 is 14.0 Å². The Morgan fingerprint density at radius 3 is 2.14 bits per heavy atom. The minimum absolute atomic E-state index is 0.0943. The van der Waals surface area contributed by atoms with Gasteiger partial charge in [-0.2, -0.15) is 0 Å². The number of nitrogens with zero attached hydrogens (tertiary/aromatic N) is 2. The molecule has 1 saturated heterocycles. The third kappa shape index (κ3) is 2.67. The number of carbonyl (C=O) groups excluding carboxylic acids is 2. The average Bonchev–Trinajstić information content (AvgIpc) is 3.09. The van der Waals surface area contributed by atoms with Crippen LogP contribution < -0.4 is 5.73 Å². The molecule has 2 amide bonds. The first-order valence-corrected chi connectivity index (χ1v) is 7.13. The Hall–Kier alpha value is -2.76. The molecule has 2 heterocycles. The molecule has 2 N–H and O–H groups in total. The zero-order chi connectivity index (χ0) is 15.5. The normalized spacial score (nSPS) is 14.9. The lowest BCUT2D eigenvalue weighted by Crippen LogP contribution is -2.50. The van der Waals surface area contributed by atoms with Crippen molar-refractivity contribution in [3.8, 4) is 0 Å². The van der Waals surface area contributed by atoms with E-state index in [-0.39, 0.29) is 11.8 Å². The number of rotatable bonds is 2. The van der Waals surface area contributed by atoms with Crippen LogP contribution in [0.25, 0.3) is 0 Å². The first-order chi connectivity index (χ1) is 10.7. The Kier molecular flexibility index (Phi) is 3.82. The molecule has 6 nitrogen and oxygen atoms in total. The van der Waals surface area contributed by atoms with E-state index in [9.17, 15) is 9.59 Å². The van der Waals surface area contributed by atoms with E-state index in [1.165, 1.54) is 6.26 Å². The Labute approximate surface area is 128 Å². The smallest absolute Gasteiger partial charge is 0.289 e. The van der Waals surface area contributed by atoms with E-state index in [1.807, 2.05) is 0 Å². The van der Waals surface area contributed by atoms with Gasteiger partial charge in [-0.25, -0.2) is 0 Å². The molecule has 1 aromatic heterocycles. The summed E-state index contributed by atoms with van der Waals surface area (Å²) in [5.74, 6) is 0.0894. The standard InChI is InChI=1S/C16H17N3O3/c17-13-5-2-1-4-12(13)15(20)18-7-9-19(10-8-18)16(21)14-6-3-11-22-14/h1-6,11H,7-10,17H2. The van der Waals surface area contributed by atoms with Crippen molar-refractivity contribution in [1.82, 2.24) is 9.80 Å². The lowest BCUT2D eigenvalue weighted by molar-refractivity contribution is 0.0518. The Morgan fingerprint density at radius 2 is 1.55 bits per heavy atom. The molecule has 3 rings (SSSR count). The number of para-hydroxylation sites is 1. The van der Waals surface area contributed by atoms with Crippen LogP contribution in [0.1, 0.15) is 20.9 Å².